The van der Waals surface area contributed by atoms with Crippen LogP contribution in [0.5, 0.6) is 0 Å². The molecule has 1 saturated carbocycles. The lowest BCUT2D eigenvalue weighted by Crippen LogP contribution is -2.62. The molecule has 36 heavy (non-hydrogen) atoms. The van der Waals surface area contributed by atoms with Crippen molar-refractivity contribution in [3.8, 4) is 0 Å². The third-order valence-electron chi connectivity index (χ3n) is 7.84. The van der Waals surface area contributed by atoms with Crippen molar-refractivity contribution >= 4 is 28.9 Å². The SMILES string of the molecule is CC(=O)O.CC(=O)O.OCCn1c(N2C[C@@H]3C[C@H](C2)[C@@H]2CCC[C@H](C4CC4)N2C3)nc2ccccc21. The van der Waals surface area contributed by atoms with E-state index in [0.29, 0.717) is 6.54 Å². The smallest absolute Gasteiger partial charge is 0.300 e. The quantitative estimate of drug-likeness (QED) is 0.585. The molecule has 0 amide bonds. The number of hydrogen-bond donors (Lipinski definition) is 3. The predicted octanol–water partition coefficient (Wildman–Crippen LogP) is 3.30. The molecule has 9 heteroatoms. The summed E-state index contributed by atoms with van der Waals surface area (Å²) >= 11 is 0. The average molecular weight is 501 g/mol. The lowest BCUT2D eigenvalue weighted by atomic mass is 9.74. The Morgan fingerprint density at radius 1 is 0.944 bits per heavy atom. The number of hydrogen-bond acceptors (Lipinski definition) is 6. The zero-order chi connectivity index (χ0) is 25.8. The summed E-state index contributed by atoms with van der Waals surface area (Å²) < 4.78 is 2.24. The zero-order valence-corrected chi connectivity index (χ0v) is 21.4. The number of aromatic nitrogens is 2. The van der Waals surface area contributed by atoms with Crippen molar-refractivity contribution in [3.05, 3.63) is 24.3 Å². The maximum Gasteiger partial charge on any atom is 0.300 e. The lowest BCUT2D eigenvalue weighted by Gasteiger charge is -2.55. The van der Waals surface area contributed by atoms with E-state index in [1.54, 1.807) is 0 Å². The minimum absolute atomic E-state index is 0.160. The van der Waals surface area contributed by atoms with Gasteiger partial charge in [-0.25, -0.2) is 4.98 Å². The van der Waals surface area contributed by atoms with E-state index in [-0.39, 0.29) is 6.61 Å². The molecule has 4 aliphatic rings. The van der Waals surface area contributed by atoms with Crippen LogP contribution in [0.2, 0.25) is 0 Å². The van der Waals surface area contributed by atoms with Gasteiger partial charge in [0.25, 0.3) is 11.9 Å². The number of anilines is 1. The van der Waals surface area contributed by atoms with Gasteiger partial charge in [0.05, 0.1) is 17.6 Å². The fraction of sp³-hybridized carbons (Fsp3) is 0.667. The Bertz CT molecular complexity index is 1030. The highest BCUT2D eigenvalue weighted by molar-refractivity contribution is 5.78. The van der Waals surface area contributed by atoms with E-state index in [2.05, 4.69) is 38.6 Å². The highest BCUT2D eigenvalue weighted by Gasteiger charge is 2.48. The summed E-state index contributed by atoms with van der Waals surface area (Å²) in [5, 5.41) is 24.5. The standard InChI is InChI=1S/C23H32N4O.2C2H4O2/c28-11-10-26-22-5-2-1-4-19(22)24-23(26)25-13-16-12-18(15-25)21-7-3-6-20(17-8-9-17)27(21)14-16;2*1-2(3)4/h1-2,4-5,16-18,20-21,28H,3,6-15H2;2*1H3,(H,3,4)/t16-,18+,20+,21-;;/m0../s1. The van der Waals surface area contributed by atoms with E-state index in [4.69, 9.17) is 24.8 Å². The van der Waals surface area contributed by atoms with Crippen LogP contribution in [0.4, 0.5) is 5.95 Å². The Morgan fingerprint density at radius 3 is 2.22 bits per heavy atom. The van der Waals surface area contributed by atoms with Gasteiger partial charge in [0.15, 0.2) is 0 Å². The molecule has 3 saturated heterocycles. The predicted molar refractivity (Wildman–Crippen MR) is 138 cm³/mol. The number of aliphatic carboxylic acids is 2. The fourth-order valence-electron chi connectivity index (χ4n) is 6.62. The lowest BCUT2D eigenvalue weighted by molar-refractivity contribution is -0.135. The molecule has 1 aromatic carbocycles. The van der Waals surface area contributed by atoms with Crippen molar-refractivity contribution in [3.63, 3.8) is 0 Å². The van der Waals surface area contributed by atoms with Gasteiger partial charge in [0.1, 0.15) is 0 Å². The number of carboxylic acids is 2. The second-order valence-electron chi connectivity index (χ2n) is 10.7. The van der Waals surface area contributed by atoms with E-state index >= 15 is 0 Å². The highest BCUT2D eigenvalue weighted by Crippen LogP contribution is 2.46. The zero-order valence-electron chi connectivity index (χ0n) is 21.4. The van der Waals surface area contributed by atoms with Crippen LogP contribution in [0.15, 0.2) is 24.3 Å². The molecule has 1 aromatic heterocycles. The van der Waals surface area contributed by atoms with E-state index in [1.165, 1.54) is 45.1 Å². The van der Waals surface area contributed by atoms with E-state index in [1.807, 2.05) is 0 Å². The Labute approximate surface area is 212 Å². The topological polar surface area (TPSA) is 119 Å². The Morgan fingerprint density at radius 2 is 1.58 bits per heavy atom. The van der Waals surface area contributed by atoms with Crippen LogP contribution in [0.3, 0.4) is 0 Å². The Kier molecular flexibility index (Phi) is 8.51. The molecule has 0 spiro atoms. The van der Waals surface area contributed by atoms with E-state index in [9.17, 15) is 5.11 Å². The molecule has 4 fully saturated rings. The summed E-state index contributed by atoms with van der Waals surface area (Å²) in [6.07, 6.45) is 8.60. The first-order valence-corrected chi connectivity index (χ1v) is 13.2. The summed E-state index contributed by atoms with van der Waals surface area (Å²) in [5.41, 5.74) is 2.20. The number of aliphatic hydroxyl groups is 1. The number of para-hydroxylation sites is 2. The molecule has 198 valence electrons. The van der Waals surface area contributed by atoms with Crippen LogP contribution < -0.4 is 4.90 Å². The van der Waals surface area contributed by atoms with Gasteiger partial charge in [-0.15, -0.1) is 0 Å². The first-order valence-electron chi connectivity index (χ1n) is 13.2. The van der Waals surface area contributed by atoms with Gasteiger partial charge in [-0.1, -0.05) is 18.6 Å². The monoisotopic (exact) mass is 500 g/mol. The summed E-state index contributed by atoms with van der Waals surface area (Å²) in [6.45, 7) is 6.49. The molecule has 2 bridgehead atoms. The molecule has 3 aliphatic heterocycles. The van der Waals surface area contributed by atoms with Crippen LogP contribution in [-0.4, -0.2) is 80.0 Å². The van der Waals surface area contributed by atoms with Gasteiger partial charge in [0, 0.05) is 52.1 Å². The van der Waals surface area contributed by atoms with Crippen molar-refractivity contribution in [2.24, 2.45) is 17.8 Å². The van der Waals surface area contributed by atoms with E-state index in [0.717, 1.165) is 73.8 Å². The molecule has 1 aliphatic carbocycles. The normalized spacial score (nSPS) is 27.2. The minimum atomic E-state index is -0.833. The molecule has 3 N–H and O–H groups in total. The van der Waals surface area contributed by atoms with Crippen LogP contribution >= 0.6 is 0 Å². The minimum Gasteiger partial charge on any atom is -0.481 e. The van der Waals surface area contributed by atoms with Crippen molar-refractivity contribution in [1.82, 2.24) is 14.5 Å². The number of nitrogens with zero attached hydrogens (tertiary/aromatic N) is 4. The van der Waals surface area contributed by atoms with Gasteiger partial charge in [-0.05, 0) is 62.0 Å². The second-order valence-corrected chi connectivity index (χ2v) is 10.7. The van der Waals surface area contributed by atoms with Crippen LogP contribution in [-0.2, 0) is 16.1 Å². The molecule has 0 unspecified atom stereocenters. The first kappa shape index (κ1) is 26.4. The maximum absolute atomic E-state index is 9.65. The Balaban J connectivity index is 0.000000336. The van der Waals surface area contributed by atoms with Gasteiger partial charge >= 0.3 is 0 Å². The molecule has 9 nitrogen and oxygen atoms in total. The number of rotatable bonds is 4. The number of carbonyl (C=O) groups is 2. The molecule has 6 rings (SSSR count). The van der Waals surface area contributed by atoms with E-state index < -0.39 is 11.9 Å². The van der Waals surface area contributed by atoms with Crippen molar-refractivity contribution in [2.45, 2.75) is 71.0 Å². The Hall–Kier alpha value is -2.65. The molecule has 4 heterocycles. The number of fused-ring (bicyclic) bond motifs is 5. The molecule has 4 atom stereocenters. The summed E-state index contributed by atoms with van der Waals surface area (Å²) in [7, 11) is 0. The van der Waals surface area contributed by atoms with Crippen LogP contribution in [0, 0.1) is 17.8 Å². The molecule has 0 radical (unpaired) electrons. The molecule has 2 aromatic rings. The molecular formula is C27H40N4O5. The highest BCUT2D eigenvalue weighted by atomic mass is 16.4. The van der Waals surface area contributed by atoms with Crippen molar-refractivity contribution in [2.75, 3.05) is 31.1 Å². The summed E-state index contributed by atoms with van der Waals surface area (Å²) in [5.74, 6) is 1.95. The van der Waals surface area contributed by atoms with Crippen molar-refractivity contribution in [1.29, 1.82) is 0 Å². The summed E-state index contributed by atoms with van der Waals surface area (Å²) in [4.78, 5) is 28.5. The number of piperidine rings is 3. The average Bonchev–Trinajstić information content (AvgIpc) is 3.60. The largest absolute Gasteiger partial charge is 0.481 e. The van der Waals surface area contributed by atoms with Gasteiger partial charge < -0.3 is 24.8 Å². The number of carboxylic acid groups (broad SMARTS) is 2. The second kappa shape index (κ2) is 11.6. The van der Waals surface area contributed by atoms with Crippen LogP contribution in [0.25, 0.3) is 11.0 Å². The first-order chi connectivity index (χ1) is 17.3. The number of imidazole rings is 1. The summed E-state index contributed by atoms with van der Waals surface area (Å²) in [6, 6.07) is 10.0. The third kappa shape index (κ3) is 6.18. The number of benzene rings is 1. The van der Waals surface area contributed by atoms with Crippen molar-refractivity contribution < 1.29 is 24.9 Å². The van der Waals surface area contributed by atoms with Gasteiger partial charge in [0.2, 0.25) is 5.95 Å². The number of aliphatic hydroxyl groups excluding tert-OH is 1. The van der Waals surface area contributed by atoms with Crippen LogP contribution in [0.1, 0.15) is 52.4 Å². The van der Waals surface area contributed by atoms with Gasteiger partial charge in [-0.2, -0.15) is 0 Å². The van der Waals surface area contributed by atoms with Gasteiger partial charge in [-0.3, -0.25) is 14.5 Å². The maximum atomic E-state index is 9.65. The molecular weight excluding hydrogens is 460 g/mol. The third-order valence-corrected chi connectivity index (χ3v) is 7.84. The fourth-order valence-corrected chi connectivity index (χ4v) is 6.62.